The SMILES string of the molecule is COc1cccc(-c2cccc(-c3nc(C(=O)NCCCN4CCOCC4)cc4c3[C@H](CCO)N([S@@](=O)C(C)(C)C)C4)c2)c1. The Kier molecular flexibility index (Phi) is 10.5. The molecule has 5 rings (SSSR count). The van der Waals surface area contributed by atoms with Gasteiger partial charge in [0.2, 0.25) is 0 Å². The molecule has 1 saturated heterocycles. The van der Waals surface area contributed by atoms with Gasteiger partial charge in [-0.1, -0.05) is 30.3 Å². The maximum absolute atomic E-state index is 13.7. The second-order valence-corrected chi connectivity index (χ2v) is 14.5. The molecule has 44 heavy (non-hydrogen) atoms. The molecule has 2 aliphatic heterocycles. The molecule has 2 aliphatic rings. The fraction of sp³-hybridized carbons (Fsp3) is 0.471. The van der Waals surface area contributed by atoms with Crippen molar-refractivity contribution in [2.75, 3.05) is 53.1 Å². The van der Waals surface area contributed by atoms with E-state index in [1.165, 1.54) is 0 Å². The zero-order chi connectivity index (χ0) is 31.3. The molecule has 1 aromatic heterocycles. The number of ether oxygens (including phenoxy) is 2. The van der Waals surface area contributed by atoms with Gasteiger partial charge in [-0.2, -0.15) is 0 Å². The first-order chi connectivity index (χ1) is 21.2. The van der Waals surface area contributed by atoms with Gasteiger partial charge in [0.05, 0.1) is 36.8 Å². The number of aliphatic hydroxyl groups is 1. The van der Waals surface area contributed by atoms with E-state index in [4.69, 9.17) is 14.5 Å². The maximum atomic E-state index is 13.7. The van der Waals surface area contributed by atoms with E-state index in [1.807, 2.05) is 73.6 Å². The number of rotatable bonds is 11. The molecule has 2 N–H and O–H groups in total. The Morgan fingerprint density at radius 1 is 1.09 bits per heavy atom. The van der Waals surface area contributed by atoms with Gasteiger partial charge in [-0.15, -0.1) is 0 Å². The standard InChI is InChI=1S/C34H44N4O5S/c1-34(2,3)44(41)38-23-27-22-29(33(40)35-13-7-14-37-15-18-43-19-16-37)36-32(31(27)30(38)12-17-39)26-10-5-8-24(20-26)25-9-6-11-28(21-25)42-4/h5-6,8-11,20-22,30,39H,7,12-19,23H2,1-4H3,(H,35,40)/t30-,44-/m0/s1. The van der Waals surface area contributed by atoms with Gasteiger partial charge in [0.1, 0.15) is 22.4 Å². The average molecular weight is 621 g/mol. The van der Waals surface area contributed by atoms with E-state index in [1.54, 1.807) is 7.11 Å². The first-order valence-electron chi connectivity index (χ1n) is 15.4. The third-order valence-corrected chi connectivity index (χ3v) is 9.96. The van der Waals surface area contributed by atoms with E-state index >= 15 is 0 Å². The average Bonchev–Trinajstić information content (AvgIpc) is 3.40. The van der Waals surface area contributed by atoms with Crippen molar-refractivity contribution in [2.45, 2.75) is 50.9 Å². The van der Waals surface area contributed by atoms with Crippen molar-refractivity contribution in [1.29, 1.82) is 0 Å². The highest BCUT2D eigenvalue weighted by Gasteiger charge is 2.40. The Morgan fingerprint density at radius 2 is 1.80 bits per heavy atom. The first-order valence-corrected chi connectivity index (χ1v) is 16.5. The lowest BCUT2D eigenvalue weighted by molar-refractivity contribution is 0.0374. The monoisotopic (exact) mass is 620 g/mol. The lowest BCUT2D eigenvalue weighted by Gasteiger charge is -2.30. The molecule has 0 radical (unpaired) electrons. The van der Waals surface area contributed by atoms with Crippen molar-refractivity contribution >= 4 is 16.9 Å². The van der Waals surface area contributed by atoms with E-state index < -0.39 is 15.7 Å². The summed E-state index contributed by atoms with van der Waals surface area (Å²) in [4.78, 5) is 20.8. The number of aromatic nitrogens is 1. The molecule has 0 spiro atoms. The number of aliphatic hydroxyl groups excluding tert-OH is 1. The number of methoxy groups -OCH3 is 1. The molecule has 3 aromatic rings. The van der Waals surface area contributed by atoms with Crippen LogP contribution in [0.25, 0.3) is 22.4 Å². The number of carbonyl (C=O) groups excluding carboxylic acids is 1. The third-order valence-electron chi connectivity index (χ3n) is 8.10. The van der Waals surface area contributed by atoms with E-state index in [-0.39, 0.29) is 18.6 Å². The van der Waals surface area contributed by atoms with E-state index in [0.717, 1.165) is 72.8 Å². The van der Waals surface area contributed by atoms with Gasteiger partial charge in [0.15, 0.2) is 0 Å². The fourth-order valence-corrected chi connectivity index (χ4v) is 7.28. The molecule has 9 nitrogen and oxygen atoms in total. The lowest BCUT2D eigenvalue weighted by Crippen LogP contribution is -2.38. The minimum Gasteiger partial charge on any atom is -0.497 e. The van der Waals surface area contributed by atoms with E-state index in [2.05, 4.69) is 16.3 Å². The molecule has 1 amide bonds. The molecule has 0 saturated carbocycles. The van der Waals surface area contributed by atoms with E-state index in [0.29, 0.717) is 30.9 Å². The number of fused-ring (bicyclic) bond motifs is 1. The predicted molar refractivity (Wildman–Crippen MR) is 174 cm³/mol. The second-order valence-electron chi connectivity index (χ2n) is 12.3. The highest BCUT2D eigenvalue weighted by Crippen LogP contribution is 2.44. The van der Waals surface area contributed by atoms with Crippen LogP contribution in [0.5, 0.6) is 5.75 Å². The van der Waals surface area contributed by atoms with Crippen molar-refractivity contribution in [3.63, 3.8) is 0 Å². The van der Waals surface area contributed by atoms with Gasteiger partial charge >= 0.3 is 0 Å². The highest BCUT2D eigenvalue weighted by atomic mass is 32.2. The van der Waals surface area contributed by atoms with Gasteiger partial charge in [-0.3, -0.25) is 9.69 Å². The summed E-state index contributed by atoms with van der Waals surface area (Å²) in [6, 6.07) is 17.5. The van der Waals surface area contributed by atoms with Crippen LogP contribution in [0.15, 0.2) is 54.6 Å². The van der Waals surface area contributed by atoms with Crippen molar-refractivity contribution < 1.29 is 23.6 Å². The largest absolute Gasteiger partial charge is 0.497 e. The third kappa shape index (κ3) is 7.38. The maximum Gasteiger partial charge on any atom is 0.269 e. The van der Waals surface area contributed by atoms with Crippen molar-refractivity contribution in [2.24, 2.45) is 0 Å². The van der Waals surface area contributed by atoms with Gasteiger partial charge in [0.25, 0.3) is 5.91 Å². The number of amides is 1. The number of hydrogen-bond acceptors (Lipinski definition) is 7. The van der Waals surface area contributed by atoms with Crippen molar-refractivity contribution in [3.05, 3.63) is 71.4 Å². The molecule has 0 bridgehead atoms. The molecule has 236 valence electrons. The van der Waals surface area contributed by atoms with Crippen LogP contribution in [0.3, 0.4) is 0 Å². The van der Waals surface area contributed by atoms with Crippen LogP contribution in [-0.4, -0.2) is 87.3 Å². The minimum absolute atomic E-state index is 0.0589. The quantitative estimate of drug-likeness (QED) is 0.303. The second kappa shape index (κ2) is 14.3. The normalized spacial score (nSPS) is 18.2. The Morgan fingerprint density at radius 3 is 2.50 bits per heavy atom. The summed E-state index contributed by atoms with van der Waals surface area (Å²) in [6.45, 7) is 11.0. The summed E-state index contributed by atoms with van der Waals surface area (Å²) in [5.74, 6) is 0.539. The molecule has 0 aliphatic carbocycles. The summed E-state index contributed by atoms with van der Waals surface area (Å²) in [5.41, 5.74) is 5.69. The van der Waals surface area contributed by atoms with Crippen LogP contribution in [0.1, 0.15) is 61.3 Å². The van der Waals surface area contributed by atoms with Crippen LogP contribution >= 0.6 is 0 Å². The zero-order valence-corrected chi connectivity index (χ0v) is 27.0. The smallest absolute Gasteiger partial charge is 0.269 e. The summed E-state index contributed by atoms with van der Waals surface area (Å²) < 4.78 is 26.1. The number of benzene rings is 2. The molecule has 2 atom stereocenters. The summed E-state index contributed by atoms with van der Waals surface area (Å²) >= 11 is 0. The van der Waals surface area contributed by atoms with Gasteiger partial charge in [-0.05, 0) is 81.1 Å². The van der Waals surface area contributed by atoms with Crippen LogP contribution < -0.4 is 10.1 Å². The number of nitrogens with zero attached hydrogens (tertiary/aromatic N) is 3. The molecule has 0 unspecified atom stereocenters. The zero-order valence-electron chi connectivity index (χ0n) is 26.2. The Balaban J connectivity index is 1.50. The van der Waals surface area contributed by atoms with Crippen LogP contribution in [0.2, 0.25) is 0 Å². The molecular formula is C34H44N4O5S. The Bertz CT molecular complexity index is 1480. The van der Waals surface area contributed by atoms with Crippen LogP contribution in [-0.2, 0) is 22.3 Å². The van der Waals surface area contributed by atoms with Crippen LogP contribution in [0, 0.1) is 0 Å². The van der Waals surface area contributed by atoms with Gasteiger partial charge in [-0.25, -0.2) is 13.5 Å². The fourth-order valence-electron chi connectivity index (χ4n) is 5.87. The number of carbonyl (C=O) groups is 1. The first kappa shape index (κ1) is 32.2. The van der Waals surface area contributed by atoms with Crippen molar-refractivity contribution in [1.82, 2.24) is 19.5 Å². The molecule has 3 heterocycles. The molecular weight excluding hydrogens is 576 g/mol. The number of pyridine rings is 1. The lowest BCUT2D eigenvalue weighted by atomic mass is 9.94. The number of hydrogen-bond donors (Lipinski definition) is 2. The molecule has 2 aromatic carbocycles. The number of nitrogens with one attached hydrogen (secondary N) is 1. The topological polar surface area (TPSA) is 104 Å². The summed E-state index contributed by atoms with van der Waals surface area (Å²) in [6.07, 6.45) is 1.25. The molecule has 10 heteroatoms. The highest BCUT2D eigenvalue weighted by molar-refractivity contribution is 7.84. The number of morpholine rings is 1. The predicted octanol–water partition coefficient (Wildman–Crippen LogP) is 4.58. The van der Waals surface area contributed by atoms with Crippen LogP contribution in [0.4, 0.5) is 0 Å². The summed E-state index contributed by atoms with van der Waals surface area (Å²) in [5, 5.41) is 13.1. The Hall–Kier alpha value is -3.15. The van der Waals surface area contributed by atoms with Gasteiger partial charge < -0.3 is 19.9 Å². The Labute approximate surface area is 263 Å². The van der Waals surface area contributed by atoms with Gasteiger partial charge in [0, 0.05) is 43.9 Å². The molecule has 1 fully saturated rings. The minimum atomic E-state index is -1.33. The summed E-state index contributed by atoms with van der Waals surface area (Å²) in [7, 11) is 0.317. The van der Waals surface area contributed by atoms with Crippen molar-refractivity contribution in [3.8, 4) is 28.1 Å². The van der Waals surface area contributed by atoms with E-state index in [9.17, 15) is 14.1 Å².